The number of carbonyl (C=O) groups is 1. The van der Waals surface area contributed by atoms with Crippen LogP contribution in [-0.4, -0.2) is 34.1 Å². The first kappa shape index (κ1) is 14.6. The number of carbonyl (C=O) groups excluding carboxylic acids is 1. The maximum absolute atomic E-state index is 11.9. The standard InChI is InChI=1S/C11H15NO5S/c1-8(7-17-2)12-18(15,16)10-5-3-9(4-6-10)11(13)14/h3-6,8,12H,7H2,1-2H3,(H,13,14)/p-1/t8-/m0/s1. The van der Waals surface area contributed by atoms with Crippen molar-refractivity contribution in [3.8, 4) is 0 Å². The SMILES string of the molecule is COC[C@H](C)NS(=O)(=O)c1ccc(C(=O)[O-])cc1. The molecule has 0 unspecified atom stereocenters. The lowest BCUT2D eigenvalue weighted by Gasteiger charge is -2.13. The van der Waals surface area contributed by atoms with Gasteiger partial charge in [-0.1, -0.05) is 12.1 Å². The minimum Gasteiger partial charge on any atom is -0.545 e. The van der Waals surface area contributed by atoms with E-state index in [0.717, 1.165) is 0 Å². The van der Waals surface area contributed by atoms with Crippen molar-refractivity contribution in [2.75, 3.05) is 13.7 Å². The van der Waals surface area contributed by atoms with E-state index in [9.17, 15) is 18.3 Å². The van der Waals surface area contributed by atoms with Gasteiger partial charge in [-0.3, -0.25) is 0 Å². The average Bonchev–Trinajstić information content (AvgIpc) is 2.28. The Morgan fingerprint density at radius 3 is 2.39 bits per heavy atom. The predicted octanol–water partition coefficient (Wildman–Crippen LogP) is -0.637. The molecule has 18 heavy (non-hydrogen) atoms. The summed E-state index contributed by atoms with van der Waals surface area (Å²) in [5.41, 5.74) is -0.0705. The molecule has 0 aliphatic rings. The highest BCUT2D eigenvalue weighted by Crippen LogP contribution is 2.10. The molecule has 0 fully saturated rings. The maximum atomic E-state index is 11.9. The van der Waals surface area contributed by atoms with Crippen LogP contribution < -0.4 is 9.83 Å². The molecule has 1 aromatic rings. The molecule has 1 atom stereocenters. The van der Waals surface area contributed by atoms with Crippen molar-refractivity contribution in [2.45, 2.75) is 17.9 Å². The van der Waals surface area contributed by atoms with Crippen LogP contribution in [0.2, 0.25) is 0 Å². The van der Waals surface area contributed by atoms with E-state index >= 15 is 0 Å². The fourth-order valence-electron chi connectivity index (χ4n) is 1.39. The molecule has 100 valence electrons. The van der Waals surface area contributed by atoms with Crippen molar-refractivity contribution in [3.63, 3.8) is 0 Å². The van der Waals surface area contributed by atoms with Gasteiger partial charge in [-0.05, 0) is 24.6 Å². The first-order valence-electron chi connectivity index (χ1n) is 5.19. The molecule has 0 bridgehead atoms. The summed E-state index contributed by atoms with van der Waals surface area (Å²) >= 11 is 0. The van der Waals surface area contributed by atoms with Crippen LogP contribution in [-0.2, 0) is 14.8 Å². The molecule has 0 spiro atoms. The Balaban J connectivity index is 2.88. The third-order valence-corrected chi connectivity index (χ3v) is 3.78. The summed E-state index contributed by atoms with van der Waals surface area (Å²) in [6, 6.07) is 4.43. The second-order valence-corrected chi connectivity index (χ2v) is 5.50. The Labute approximate surface area is 106 Å². The number of rotatable bonds is 6. The van der Waals surface area contributed by atoms with E-state index in [-0.39, 0.29) is 23.1 Å². The molecule has 0 saturated carbocycles. The van der Waals surface area contributed by atoms with Crippen LogP contribution in [0.15, 0.2) is 29.2 Å². The normalized spacial score (nSPS) is 13.2. The molecule has 0 radical (unpaired) electrons. The van der Waals surface area contributed by atoms with E-state index in [4.69, 9.17) is 4.74 Å². The van der Waals surface area contributed by atoms with Crippen molar-refractivity contribution < 1.29 is 23.1 Å². The van der Waals surface area contributed by atoms with Gasteiger partial charge in [0.2, 0.25) is 10.0 Å². The second kappa shape index (κ2) is 5.94. The van der Waals surface area contributed by atoms with Crippen LogP contribution >= 0.6 is 0 Å². The maximum Gasteiger partial charge on any atom is 0.240 e. The van der Waals surface area contributed by atoms with E-state index < -0.39 is 16.0 Å². The number of hydrogen-bond acceptors (Lipinski definition) is 5. The highest BCUT2D eigenvalue weighted by molar-refractivity contribution is 7.89. The number of carboxylic acid groups (broad SMARTS) is 1. The van der Waals surface area contributed by atoms with Crippen molar-refractivity contribution in [3.05, 3.63) is 29.8 Å². The van der Waals surface area contributed by atoms with Crippen LogP contribution in [0.5, 0.6) is 0 Å². The number of nitrogens with one attached hydrogen (secondary N) is 1. The van der Waals surface area contributed by atoms with Crippen molar-refractivity contribution >= 4 is 16.0 Å². The lowest BCUT2D eigenvalue weighted by Crippen LogP contribution is -2.35. The zero-order chi connectivity index (χ0) is 13.8. The summed E-state index contributed by atoms with van der Waals surface area (Å²) in [4.78, 5) is 10.5. The summed E-state index contributed by atoms with van der Waals surface area (Å²) in [7, 11) is -2.20. The highest BCUT2D eigenvalue weighted by Gasteiger charge is 2.16. The molecule has 0 aromatic heterocycles. The first-order chi connectivity index (χ1) is 8.36. The Morgan fingerprint density at radius 2 is 1.94 bits per heavy atom. The minimum atomic E-state index is -3.67. The van der Waals surface area contributed by atoms with Crippen LogP contribution in [0, 0.1) is 0 Å². The Hall–Kier alpha value is -1.44. The minimum absolute atomic E-state index is 0.00421. The van der Waals surface area contributed by atoms with Gasteiger partial charge < -0.3 is 14.6 Å². The lowest BCUT2D eigenvalue weighted by atomic mass is 10.2. The number of hydrogen-bond donors (Lipinski definition) is 1. The molecule has 0 amide bonds. The molecule has 1 rings (SSSR count). The van der Waals surface area contributed by atoms with Crippen molar-refractivity contribution in [1.82, 2.24) is 4.72 Å². The van der Waals surface area contributed by atoms with Crippen molar-refractivity contribution in [1.29, 1.82) is 0 Å². The number of benzene rings is 1. The van der Waals surface area contributed by atoms with Crippen LogP contribution in [0.25, 0.3) is 0 Å². The summed E-state index contributed by atoms with van der Waals surface area (Å²) in [5, 5.41) is 10.5. The van der Waals surface area contributed by atoms with Gasteiger partial charge in [-0.2, -0.15) is 0 Å². The molecule has 0 aliphatic carbocycles. The van der Waals surface area contributed by atoms with E-state index in [1.165, 1.54) is 31.4 Å². The van der Waals surface area contributed by atoms with Gasteiger partial charge >= 0.3 is 0 Å². The van der Waals surface area contributed by atoms with E-state index in [0.29, 0.717) is 0 Å². The highest BCUT2D eigenvalue weighted by atomic mass is 32.2. The summed E-state index contributed by atoms with van der Waals surface area (Å²) in [5.74, 6) is -1.35. The fraction of sp³-hybridized carbons (Fsp3) is 0.364. The van der Waals surface area contributed by atoms with Gasteiger partial charge in [-0.25, -0.2) is 13.1 Å². The molecule has 1 aromatic carbocycles. The number of ether oxygens (including phenoxy) is 1. The van der Waals surface area contributed by atoms with Gasteiger partial charge in [0.05, 0.1) is 17.5 Å². The topological polar surface area (TPSA) is 95.5 Å². The Morgan fingerprint density at radius 1 is 1.39 bits per heavy atom. The number of carboxylic acids is 1. The molecule has 1 N–H and O–H groups in total. The van der Waals surface area contributed by atoms with Gasteiger partial charge in [0.1, 0.15) is 0 Å². The zero-order valence-electron chi connectivity index (χ0n) is 10.0. The van der Waals surface area contributed by atoms with Gasteiger partial charge in [-0.15, -0.1) is 0 Å². The number of sulfonamides is 1. The Bertz CT molecular complexity index is 509. The quantitative estimate of drug-likeness (QED) is 0.743. The fourth-order valence-corrected chi connectivity index (χ4v) is 2.62. The van der Waals surface area contributed by atoms with Crippen LogP contribution in [0.4, 0.5) is 0 Å². The third-order valence-electron chi connectivity index (χ3n) is 2.17. The largest absolute Gasteiger partial charge is 0.545 e. The first-order valence-corrected chi connectivity index (χ1v) is 6.68. The molecule has 6 nitrogen and oxygen atoms in total. The number of methoxy groups -OCH3 is 1. The van der Waals surface area contributed by atoms with Gasteiger partial charge in [0.25, 0.3) is 0 Å². The number of aromatic carboxylic acids is 1. The van der Waals surface area contributed by atoms with Gasteiger partial charge in [0.15, 0.2) is 0 Å². The lowest BCUT2D eigenvalue weighted by molar-refractivity contribution is -0.255. The summed E-state index contributed by atoms with van der Waals surface area (Å²) < 4.78 is 31.0. The smallest absolute Gasteiger partial charge is 0.240 e. The van der Waals surface area contributed by atoms with Crippen molar-refractivity contribution in [2.24, 2.45) is 0 Å². The average molecular weight is 272 g/mol. The molecule has 0 aliphatic heterocycles. The van der Waals surface area contributed by atoms with E-state index in [1.807, 2.05) is 0 Å². The van der Waals surface area contributed by atoms with Crippen LogP contribution in [0.1, 0.15) is 17.3 Å². The molecule has 0 heterocycles. The predicted molar refractivity (Wildman–Crippen MR) is 62.4 cm³/mol. The monoisotopic (exact) mass is 272 g/mol. The Kier molecular flexibility index (Phi) is 4.83. The molecular formula is C11H14NO5S-. The summed E-state index contributed by atoms with van der Waals surface area (Å²) in [6.45, 7) is 1.91. The second-order valence-electron chi connectivity index (χ2n) is 3.79. The van der Waals surface area contributed by atoms with E-state index in [2.05, 4.69) is 4.72 Å². The van der Waals surface area contributed by atoms with Gasteiger partial charge in [0, 0.05) is 13.2 Å². The molecular weight excluding hydrogens is 258 g/mol. The summed E-state index contributed by atoms with van der Waals surface area (Å²) in [6.07, 6.45) is 0. The van der Waals surface area contributed by atoms with Crippen LogP contribution in [0.3, 0.4) is 0 Å². The zero-order valence-corrected chi connectivity index (χ0v) is 10.9. The molecule has 0 saturated heterocycles. The molecule has 7 heteroatoms. The van der Waals surface area contributed by atoms with E-state index in [1.54, 1.807) is 6.92 Å². The third kappa shape index (κ3) is 3.80.